The summed E-state index contributed by atoms with van der Waals surface area (Å²) in [6.45, 7) is 0. The average Bonchev–Trinajstić information content (AvgIpc) is 2.73. The van der Waals surface area contributed by atoms with Crippen molar-refractivity contribution in [3.63, 3.8) is 0 Å². The lowest BCUT2D eigenvalue weighted by atomic mass is 10.0. The average molecular weight is 359 g/mol. The Hall–Kier alpha value is -3.78. The first-order valence-corrected chi connectivity index (χ1v) is 8.19. The number of benzene rings is 3. The van der Waals surface area contributed by atoms with Gasteiger partial charge in [-0.3, -0.25) is 0 Å². The fourth-order valence-electron chi connectivity index (χ4n) is 2.59. The monoisotopic (exact) mass is 359 g/mol. The van der Waals surface area contributed by atoms with Gasteiger partial charge in [0, 0.05) is 0 Å². The van der Waals surface area contributed by atoms with E-state index in [4.69, 9.17) is 19.5 Å². The van der Waals surface area contributed by atoms with Crippen LogP contribution >= 0.6 is 0 Å². The van der Waals surface area contributed by atoms with E-state index < -0.39 is 5.97 Å². The zero-order chi connectivity index (χ0) is 19.2. The van der Waals surface area contributed by atoms with Crippen molar-refractivity contribution in [3.8, 4) is 34.4 Å². The quantitative estimate of drug-likeness (QED) is 0.497. The third-order valence-corrected chi connectivity index (χ3v) is 4.04. The van der Waals surface area contributed by atoms with E-state index in [-0.39, 0.29) is 5.56 Å². The largest absolute Gasteiger partial charge is 0.497 e. The van der Waals surface area contributed by atoms with E-state index in [1.807, 2.05) is 24.3 Å². The lowest BCUT2D eigenvalue weighted by Gasteiger charge is -2.10. The molecule has 0 fully saturated rings. The van der Waals surface area contributed by atoms with Gasteiger partial charge in [0.15, 0.2) is 0 Å². The maximum atomic E-state index is 12.5. The molecule has 0 N–H and O–H groups in total. The number of nitrogens with zero attached hydrogens (tertiary/aromatic N) is 1. The Morgan fingerprint density at radius 3 is 1.96 bits per heavy atom. The minimum Gasteiger partial charge on any atom is -0.497 e. The molecule has 5 nitrogen and oxygen atoms in total. The lowest BCUT2D eigenvalue weighted by molar-refractivity contribution is 0.0731. The van der Waals surface area contributed by atoms with Gasteiger partial charge in [-0.2, -0.15) is 5.26 Å². The van der Waals surface area contributed by atoms with Crippen LogP contribution in [0, 0.1) is 11.3 Å². The number of hydrogen-bond donors (Lipinski definition) is 0. The molecular weight excluding hydrogens is 342 g/mol. The molecule has 134 valence electrons. The van der Waals surface area contributed by atoms with Gasteiger partial charge in [-0.15, -0.1) is 0 Å². The second kappa shape index (κ2) is 8.07. The van der Waals surface area contributed by atoms with Crippen LogP contribution in [-0.2, 0) is 0 Å². The summed E-state index contributed by atoms with van der Waals surface area (Å²) >= 11 is 0. The highest BCUT2D eigenvalue weighted by atomic mass is 16.5. The van der Waals surface area contributed by atoms with Crippen LogP contribution in [0.2, 0.25) is 0 Å². The first kappa shape index (κ1) is 18.0. The zero-order valence-electron chi connectivity index (χ0n) is 14.9. The van der Waals surface area contributed by atoms with E-state index >= 15 is 0 Å². The maximum Gasteiger partial charge on any atom is 0.347 e. The highest BCUT2D eigenvalue weighted by molar-refractivity contribution is 5.94. The summed E-state index contributed by atoms with van der Waals surface area (Å²) in [5, 5.41) is 8.87. The van der Waals surface area contributed by atoms with Gasteiger partial charge in [-0.05, 0) is 53.6 Å². The van der Waals surface area contributed by atoms with Crippen molar-refractivity contribution >= 4 is 5.97 Å². The van der Waals surface area contributed by atoms with Crippen molar-refractivity contribution in [1.29, 1.82) is 5.26 Å². The normalized spacial score (nSPS) is 9.96. The van der Waals surface area contributed by atoms with Crippen LogP contribution in [0.25, 0.3) is 11.1 Å². The van der Waals surface area contributed by atoms with Crippen LogP contribution in [0.1, 0.15) is 15.9 Å². The number of carbonyl (C=O) groups is 1. The third kappa shape index (κ3) is 4.07. The van der Waals surface area contributed by atoms with Crippen LogP contribution in [-0.4, -0.2) is 20.2 Å². The van der Waals surface area contributed by atoms with E-state index in [1.165, 1.54) is 14.2 Å². The molecule has 0 aliphatic carbocycles. The van der Waals surface area contributed by atoms with Crippen molar-refractivity contribution in [3.05, 3.63) is 77.9 Å². The summed E-state index contributed by atoms with van der Waals surface area (Å²) in [6.07, 6.45) is 0. The molecule has 0 saturated heterocycles. The predicted molar refractivity (Wildman–Crippen MR) is 101 cm³/mol. The molecule has 0 spiro atoms. The summed E-state index contributed by atoms with van der Waals surface area (Å²) in [4.78, 5) is 12.5. The third-order valence-electron chi connectivity index (χ3n) is 4.04. The van der Waals surface area contributed by atoms with Gasteiger partial charge in [0.2, 0.25) is 0 Å². The number of nitriles is 1. The summed E-state index contributed by atoms with van der Waals surface area (Å²) in [7, 11) is 3.02. The molecule has 0 aromatic heterocycles. The standard InChI is InChI=1S/C22H17NO4/c1-25-19-11-12-21(26-2)20(13-19)22(24)27-18-9-7-17(8-10-18)16-5-3-15(14-23)4-6-16/h3-13H,1-2H3. The molecule has 27 heavy (non-hydrogen) atoms. The number of methoxy groups -OCH3 is 2. The smallest absolute Gasteiger partial charge is 0.347 e. The predicted octanol–water partition coefficient (Wildman–Crippen LogP) is 4.46. The van der Waals surface area contributed by atoms with Gasteiger partial charge in [0.05, 0.1) is 25.9 Å². The maximum absolute atomic E-state index is 12.5. The Morgan fingerprint density at radius 2 is 1.41 bits per heavy atom. The number of rotatable bonds is 5. The van der Waals surface area contributed by atoms with Crippen LogP contribution in [0.15, 0.2) is 66.7 Å². The Labute approximate surface area is 157 Å². The molecule has 3 aromatic rings. The molecule has 0 atom stereocenters. The Balaban J connectivity index is 1.78. The summed E-state index contributed by atoms with van der Waals surface area (Å²) in [5.74, 6) is 0.841. The van der Waals surface area contributed by atoms with Crippen molar-refractivity contribution < 1.29 is 19.0 Å². The molecule has 0 amide bonds. The minimum atomic E-state index is -0.531. The molecule has 0 bridgehead atoms. The molecule has 3 rings (SSSR count). The van der Waals surface area contributed by atoms with E-state index in [9.17, 15) is 4.79 Å². The highest BCUT2D eigenvalue weighted by Crippen LogP contribution is 2.27. The summed E-state index contributed by atoms with van der Waals surface area (Å²) < 4.78 is 15.8. The van der Waals surface area contributed by atoms with E-state index in [0.717, 1.165) is 11.1 Å². The van der Waals surface area contributed by atoms with Crippen LogP contribution < -0.4 is 14.2 Å². The van der Waals surface area contributed by atoms with Crippen LogP contribution in [0.5, 0.6) is 17.2 Å². The van der Waals surface area contributed by atoms with Crippen LogP contribution in [0.3, 0.4) is 0 Å². The van der Waals surface area contributed by atoms with E-state index in [2.05, 4.69) is 6.07 Å². The fraction of sp³-hybridized carbons (Fsp3) is 0.0909. The fourth-order valence-corrected chi connectivity index (χ4v) is 2.59. The molecule has 0 unspecified atom stereocenters. The Bertz CT molecular complexity index is 986. The molecule has 0 aliphatic rings. The Morgan fingerprint density at radius 1 is 0.815 bits per heavy atom. The second-order valence-electron chi connectivity index (χ2n) is 5.67. The zero-order valence-corrected chi connectivity index (χ0v) is 14.9. The molecule has 3 aromatic carbocycles. The van der Waals surface area contributed by atoms with Crippen molar-refractivity contribution in [1.82, 2.24) is 0 Å². The number of carbonyl (C=O) groups excluding carboxylic acids is 1. The van der Waals surface area contributed by atoms with Gasteiger partial charge < -0.3 is 14.2 Å². The lowest BCUT2D eigenvalue weighted by Crippen LogP contribution is -2.10. The van der Waals surface area contributed by atoms with Gasteiger partial charge in [-0.25, -0.2) is 4.79 Å². The van der Waals surface area contributed by atoms with E-state index in [1.54, 1.807) is 42.5 Å². The number of esters is 1. The summed E-state index contributed by atoms with van der Waals surface area (Å²) in [6, 6.07) is 21.5. The SMILES string of the molecule is COc1ccc(OC)c(C(=O)Oc2ccc(-c3ccc(C#N)cc3)cc2)c1. The van der Waals surface area contributed by atoms with Gasteiger partial charge in [0.25, 0.3) is 0 Å². The molecule has 0 radical (unpaired) electrons. The molecule has 0 heterocycles. The molecule has 0 aliphatic heterocycles. The minimum absolute atomic E-state index is 0.285. The van der Waals surface area contributed by atoms with Crippen molar-refractivity contribution in [2.24, 2.45) is 0 Å². The van der Waals surface area contributed by atoms with Gasteiger partial charge in [0.1, 0.15) is 22.8 Å². The van der Waals surface area contributed by atoms with Crippen LogP contribution in [0.4, 0.5) is 0 Å². The topological polar surface area (TPSA) is 68.6 Å². The van der Waals surface area contributed by atoms with Crippen molar-refractivity contribution in [2.75, 3.05) is 14.2 Å². The highest BCUT2D eigenvalue weighted by Gasteiger charge is 2.16. The number of hydrogen-bond acceptors (Lipinski definition) is 5. The second-order valence-corrected chi connectivity index (χ2v) is 5.67. The first-order chi connectivity index (χ1) is 13.1. The molecular formula is C22H17NO4. The molecule has 5 heteroatoms. The van der Waals surface area contributed by atoms with Gasteiger partial charge >= 0.3 is 5.97 Å². The summed E-state index contributed by atoms with van der Waals surface area (Å²) in [5.41, 5.74) is 2.82. The van der Waals surface area contributed by atoms with E-state index in [0.29, 0.717) is 22.8 Å². The first-order valence-electron chi connectivity index (χ1n) is 8.19. The molecule has 0 saturated carbocycles. The van der Waals surface area contributed by atoms with Crippen molar-refractivity contribution in [2.45, 2.75) is 0 Å². The Kier molecular flexibility index (Phi) is 5.38. The number of ether oxygens (including phenoxy) is 3. The van der Waals surface area contributed by atoms with Gasteiger partial charge in [-0.1, -0.05) is 24.3 Å².